The van der Waals surface area contributed by atoms with Crippen molar-refractivity contribution < 1.29 is 21.6 Å². The molecule has 0 radical (unpaired) electrons. The number of nitrogens with one attached hydrogen (secondary N) is 1. The van der Waals surface area contributed by atoms with Gasteiger partial charge in [0.05, 0.1) is 11.4 Å². The van der Waals surface area contributed by atoms with Gasteiger partial charge in [0.1, 0.15) is 4.90 Å². The lowest BCUT2D eigenvalue weighted by Crippen LogP contribution is -2.46. The summed E-state index contributed by atoms with van der Waals surface area (Å²) in [6.07, 6.45) is 0. The number of likely N-dealkylation sites (N-methyl/N-ethyl adjacent to an activating group) is 1. The molecule has 0 saturated carbocycles. The predicted octanol–water partition coefficient (Wildman–Crippen LogP) is 3.05. The molecule has 2 aromatic rings. The predicted molar refractivity (Wildman–Crippen MR) is 97.9 cm³/mol. The lowest BCUT2D eigenvalue weighted by molar-refractivity contribution is 0.271. The fraction of sp³-hybridized carbons (Fsp3) is 0.333. The maximum atomic E-state index is 13.9. The number of nitrogens with zero attached hydrogens (tertiary/aromatic N) is 2. The highest BCUT2D eigenvalue weighted by molar-refractivity contribution is 7.92. The Balaban J connectivity index is 1.89. The maximum Gasteiger partial charge on any atom is 0.265 e. The van der Waals surface area contributed by atoms with Crippen molar-refractivity contribution in [2.75, 3.05) is 42.3 Å². The Morgan fingerprint density at radius 3 is 2.30 bits per heavy atom. The Labute approximate surface area is 156 Å². The van der Waals surface area contributed by atoms with Crippen LogP contribution in [-0.2, 0) is 10.0 Å². The number of rotatable bonds is 5. The van der Waals surface area contributed by atoms with Crippen LogP contribution < -0.4 is 9.62 Å². The number of sulfonamides is 1. The highest BCUT2D eigenvalue weighted by Gasteiger charge is 2.26. The summed E-state index contributed by atoms with van der Waals surface area (Å²) >= 11 is 0. The number of hydrogen-bond donors (Lipinski definition) is 1. The zero-order chi connectivity index (χ0) is 19.6. The van der Waals surface area contributed by atoms with Crippen LogP contribution in [0.5, 0.6) is 0 Å². The van der Waals surface area contributed by atoms with Crippen molar-refractivity contribution in [2.24, 2.45) is 0 Å². The second kappa shape index (κ2) is 7.77. The number of benzene rings is 2. The third kappa shape index (κ3) is 4.03. The van der Waals surface area contributed by atoms with Crippen LogP contribution in [0.2, 0.25) is 0 Å². The van der Waals surface area contributed by atoms with Crippen LogP contribution in [-0.4, -0.2) is 46.0 Å². The molecular formula is C18H20F3N3O2S. The Bertz CT molecular complexity index is 929. The zero-order valence-electron chi connectivity index (χ0n) is 14.8. The molecule has 0 unspecified atom stereocenters. The van der Waals surface area contributed by atoms with Crippen molar-refractivity contribution in [3.63, 3.8) is 0 Å². The average Bonchev–Trinajstić information content (AvgIpc) is 2.66. The third-order valence-electron chi connectivity index (χ3n) is 4.60. The van der Waals surface area contributed by atoms with Crippen molar-refractivity contribution in [1.29, 1.82) is 0 Å². The van der Waals surface area contributed by atoms with Crippen molar-refractivity contribution in [1.82, 2.24) is 4.90 Å². The fourth-order valence-electron chi connectivity index (χ4n) is 3.06. The third-order valence-corrected chi connectivity index (χ3v) is 5.98. The number of piperazine rings is 1. The summed E-state index contributed by atoms with van der Waals surface area (Å²) in [6.45, 7) is 6.13. The van der Waals surface area contributed by atoms with E-state index in [0.717, 1.165) is 19.6 Å². The van der Waals surface area contributed by atoms with Gasteiger partial charge in [-0.05, 0) is 30.8 Å². The van der Waals surface area contributed by atoms with Crippen molar-refractivity contribution in [2.45, 2.75) is 11.8 Å². The summed E-state index contributed by atoms with van der Waals surface area (Å²) < 4.78 is 67.9. The van der Waals surface area contributed by atoms with Crippen LogP contribution in [0.3, 0.4) is 0 Å². The maximum absolute atomic E-state index is 13.9. The molecule has 0 bridgehead atoms. The Kier molecular flexibility index (Phi) is 5.61. The van der Waals surface area contributed by atoms with Crippen LogP contribution in [0.1, 0.15) is 6.92 Å². The number of hydrogen-bond acceptors (Lipinski definition) is 4. The zero-order valence-corrected chi connectivity index (χ0v) is 15.6. The molecule has 1 fully saturated rings. The van der Waals surface area contributed by atoms with Gasteiger partial charge in [0.15, 0.2) is 17.5 Å². The summed E-state index contributed by atoms with van der Waals surface area (Å²) in [5.41, 5.74) is 0.909. The van der Waals surface area contributed by atoms with E-state index in [1.54, 1.807) is 24.3 Å². The van der Waals surface area contributed by atoms with Gasteiger partial charge >= 0.3 is 0 Å². The highest BCUT2D eigenvalue weighted by Crippen LogP contribution is 2.30. The van der Waals surface area contributed by atoms with E-state index in [1.807, 2.05) is 4.90 Å². The molecule has 27 heavy (non-hydrogen) atoms. The minimum Gasteiger partial charge on any atom is -0.367 e. The fourth-order valence-corrected chi connectivity index (χ4v) is 4.20. The van der Waals surface area contributed by atoms with Crippen LogP contribution in [0.15, 0.2) is 41.3 Å². The van der Waals surface area contributed by atoms with E-state index < -0.39 is 32.4 Å². The molecule has 0 aromatic heterocycles. The largest absolute Gasteiger partial charge is 0.367 e. The summed E-state index contributed by atoms with van der Waals surface area (Å²) in [7, 11) is -4.43. The standard InChI is InChI=1S/C18H20F3N3O2S/c1-2-23-9-11-24(12-10-23)15-6-4-3-5-14(15)22-27(25,26)16-8-7-13(19)17(20)18(16)21/h3-8,22H,2,9-12H2,1H3. The molecule has 1 heterocycles. The van der Waals surface area contributed by atoms with Gasteiger partial charge in [-0.1, -0.05) is 19.1 Å². The molecule has 0 amide bonds. The molecule has 146 valence electrons. The average molecular weight is 399 g/mol. The topological polar surface area (TPSA) is 52.6 Å². The molecule has 1 N–H and O–H groups in total. The van der Waals surface area contributed by atoms with Gasteiger partial charge < -0.3 is 9.80 Å². The lowest BCUT2D eigenvalue weighted by Gasteiger charge is -2.36. The lowest BCUT2D eigenvalue weighted by atomic mass is 10.2. The Morgan fingerprint density at radius 2 is 1.63 bits per heavy atom. The van der Waals surface area contributed by atoms with E-state index in [2.05, 4.69) is 16.5 Å². The quantitative estimate of drug-likeness (QED) is 0.786. The van der Waals surface area contributed by atoms with E-state index in [1.165, 1.54) is 0 Å². The van der Waals surface area contributed by atoms with Crippen molar-refractivity contribution >= 4 is 21.4 Å². The van der Waals surface area contributed by atoms with E-state index >= 15 is 0 Å². The van der Waals surface area contributed by atoms with Crippen LogP contribution in [0.25, 0.3) is 0 Å². The van der Waals surface area contributed by atoms with Crippen LogP contribution in [0.4, 0.5) is 24.5 Å². The van der Waals surface area contributed by atoms with Gasteiger partial charge in [-0.2, -0.15) is 0 Å². The molecule has 2 aromatic carbocycles. The molecule has 0 spiro atoms. The van der Waals surface area contributed by atoms with Gasteiger partial charge in [0, 0.05) is 26.2 Å². The van der Waals surface area contributed by atoms with Gasteiger partial charge in [0.25, 0.3) is 10.0 Å². The first-order valence-electron chi connectivity index (χ1n) is 8.56. The first kappa shape index (κ1) is 19.5. The molecule has 9 heteroatoms. The van der Waals surface area contributed by atoms with E-state index in [4.69, 9.17) is 0 Å². The SMILES string of the molecule is CCN1CCN(c2ccccc2NS(=O)(=O)c2ccc(F)c(F)c2F)CC1. The second-order valence-corrected chi connectivity index (χ2v) is 7.87. The molecule has 3 rings (SSSR count). The van der Waals surface area contributed by atoms with Gasteiger partial charge in [-0.15, -0.1) is 0 Å². The number of para-hydroxylation sites is 2. The monoisotopic (exact) mass is 399 g/mol. The molecule has 0 atom stereocenters. The van der Waals surface area contributed by atoms with Crippen molar-refractivity contribution in [3.8, 4) is 0 Å². The Morgan fingerprint density at radius 1 is 0.963 bits per heavy atom. The summed E-state index contributed by atoms with van der Waals surface area (Å²) in [4.78, 5) is 3.37. The van der Waals surface area contributed by atoms with Gasteiger partial charge in [-0.25, -0.2) is 21.6 Å². The minimum atomic E-state index is -4.43. The number of halogens is 3. The first-order chi connectivity index (χ1) is 12.8. The summed E-state index contributed by atoms with van der Waals surface area (Å²) in [6, 6.07) is 8.03. The molecule has 1 aliphatic rings. The van der Waals surface area contributed by atoms with E-state index in [9.17, 15) is 21.6 Å². The molecule has 1 saturated heterocycles. The molecule has 5 nitrogen and oxygen atoms in total. The molecular weight excluding hydrogens is 379 g/mol. The summed E-state index contributed by atoms with van der Waals surface area (Å²) in [5, 5.41) is 0. The summed E-state index contributed by atoms with van der Waals surface area (Å²) in [5.74, 6) is -5.00. The molecule has 1 aliphatic heterocycles. The minimum absolute atomic E-state index is 0.256. The van der Waals surface area contributed by atoms with Gasteiger partial charge in [-0.3, -0.25) is 4.72 Å². The first-order valence-corrected chi connectivity index (χ1v) is 10.0. The van der Waals surface area contributed by atoms with Crippen molar-refractivity contribution in [3.05, 3.63) is 53.8 Å². The smallest absolute Gasteiger partial charge is 0.265 e. The molecule has 0 aliphatic carbocycles. The second-order valence-electron chi connectivity index (χ2n) is 6.22. The highest BCUT2D eigenvalue weighted by atomic mass is 32.2. The van der Waals surface area contributed by atoms with E-state index in [-0.39, 0.29) is 5.69 Å². The van der Waals surface area contributed by atoms with Gasteiger partial charge in [0.2, 0.25) is 0 Å². The normalized spacial score (nSPS) is 15.8. The number of anilines is 2. The van der Waals surface area contributed by atoms with Crippen LogP contribution in [0, 0.1) is 17.5 Å². The Hall–Kier alpha value is -2.26. The van der Waals surface area contributed by atoms with E-state index in [0.29, 0.717) is 30.9 Å². The van der Waals surface area contributed by atoms with Crippen LogP contribution >= 0.6 is 0 Å².